The number of anilines is 1. The number of hydrogen-bond donors (Lipinski definition) is 2. The number of esters is 1. The minimum atomic E-state index is -0.533. The third-order valence-electron chi connectivity index (χ3n) is 4.29. The van der Waals surface area contributed by atoms with Crippen molar-refractivity contribution in [2.45, 2.75) is 59.8 Å². The molecule has 0 unspecified atom stereocenters. The smallest absolute Gasteiger partial charge is 0.305 e. The van der Waals surface area contributed by atoms with E-state index in [1.807, 2.05) is 47.6 Å². The predicted molar refractivity (Wildman–Crippen MR) is 111 cm³/mol. The maximum Gasteiger partial charge on any atom is 0.305 e. The van der Waals surface area contributed by atoms with Crippen molar-refractivity contribution >= 4 is 24.0 Å². The molecular formula is C21H34N2O5. The zero-order valence-corrected chi connectivity index (χ0v) is 18.1. The SMILES string of the molecule is CC.CCN1C(=O)C(C)(C)c2cc(C)cc(O)c21.COC(=O)CCCNC=O. The average molecular weight is 395 g/mol. The van der Waals surface area contributed by atoms with Crippen molar-refractivity contribution in [2.75, 3.05) is 25.1 Å². The van der Waals surface area contributed by atoms with Gasteiger partial charge in [0.25, 0.3) is 0 Å². The molecule has 0 aliphatic carbocycles. The first-order chi connectivity index (χ1) is 13.2. The van der Waals surface area contributed by atoms with Gasteiger partial charge in [-0.05, 0) is 51.3 Å². The normalized spacial score (nSPS) is 13.4. The van der Waals surface area contributed by atoms with Crippen molar-refractivity contribution < 1.29 is 24.2 Å². The molecule has 2 amide bonds. The number of rotatable bonds is 6. The number of phenolic OH excluding ortho intramolecular Hbond substituents is 1. The number of aromatic hydroxyl groups is 1. The summed E-state index contributed by atoms with van der Waals surface area (Å²) < 4.78 is 4.38. The van der Waals surface area contributed by atoms with Crippen molar-refractivity contribution in [3.05, 3.63) is 23.3 Å². The largest absolute Gasteiger partial charge is 0.506 e. The van der Waals surface area contributed by atoms with Gasteiger partial charge in [-0.3, -0.25) is 14.4 Å². The zero-order chi connectivity index (χ0) is 21.9. The van der Waals surface area contributed by atoms with Crippen LogP contribution >= 0.6 is 0 Å². The van der Waals surface area contributed by atoms with E-state index in [1.54, 1.807) is 11.0 Å². The van der Waals surface area contributed by atoms with Gasteiger partial charge >= 0.3 is 5.97 Å². The number of amides is 2. The van der Waals surface area contributed by atoms with E-state index in [-0.39, 0.29) is 17.6 Å². The first-order valence-corrected chi connectivity index (χ1v) is 9.60. The summed E-state index contributed by atoms with van der Waals surface area (Å²) in [5.41, 5.74) is 2.06. The fraction of sp³-hybridized carbons (Fsp3) is 0.571. The molecule has 1 aromatic rings. The number of benzene rings is 1. The van der Waals surface area contributed by atoms with Gasteiger partial charge in [-0.2, -0.15) is 0 Å². The zero-order valence-electron chi connectivity index (χ0n) is 18.1. The Hall–Kier alpha value is -2.57. The van der Waals surface area contributed by atoms with Gasteiger partial charge in [0.05, 0.1) is 18.2 Å². The van der Waals surface area contributed by atoms with Crippen LogP contribution in [0, 0.1) is 6.92 Å². The second-order valence-corrected chi connectivity index (χ2v) is 6.61. The Balaban J connectivity index is 0.000000528. The average Bonchev–Trinajstić information content (AvgIpc) is 2.87. The van der Waals surface area contributed by atoms with Crippen LogP contribution in [0.1, 0.15) is 58.6 Å². The monoisotopic (exact) mass is 394 g/mol. The molecule has 1 aliphatic rings. The van der Waals surface area contributed by atoms with Crippen molar-refractivity contribution in [2.24, 2.45) is 0 Å². The van der Waals surface area contributed by atoms with Crippen LogP contribution in [-0.4, -0.2) is 43.6 Å². The lowest BCUT2D eigenvalue weighted by molar-refractivity contribution is -0.140. The van der Waals surface area contributed by atoms with Crippen LogP contribution in [0.4, 0.5) is 5.69 Å². The van der Waals surface area contributed by atoms with Gasteiger partial charge in [0, 0.05) is 19.5 Å². The number of likely N-dealkylation sites (N-methyl/N-ethyl adjacent to an activating group) is 1. The molecule has 7 nitrogen and oxygen atoms in total. The van der Waals surface area contributed by atoms with Gasteiger partial charge in [0.1, 0.15) is 5.75 Å². The number of nitrogens with one attached hydrogen (secondary N) is 1. The lowest BCUT2D eigenvalue weighted by Gasteiger charge is -2.18. The number of hydrogen-bond acceptors (Lipinski definition) is 5. The van der Waals surface area contributed by atoms with Crippen molar-refractivity contribution in [3.8, 4) is 5.75 Å². The van der Waals surface area contributed by atoms with Gasteiger partial charge < -0.3 is 20.1 Å². The molecule has 0 saturated heterocycles. The fourth-order valence-electron chi connectivity index (χ4n) is 2.87. The van der Waals surface area contributed by atoms with Crippen molar-refractivity contribution in [1.82, 2.24) is 5.32 Å². The minimum absolute atomic E-state index is 0.0610. The summed E-state index contributed by atoms with van der Waals surface area (Å²) in [4.78, 5) is 34.0. The van der Waals surface area contributed by atoms with E-state index in [1.165, 1.54) is 7.11 Å². The summed E-state index contributed by atoms with van der Waals surface area (Å²) in [7, 11) is 1.34. The number of ether oxygens (including phenoxy) is 1. The van der Waals surface area contributed by atoms with Crippen LogP contribution in [0.2, 0.25) is 0 Å². The summed E-state index contributed by atoms with van der Waals surface area (Å²) in [6.45, 7) is 12.8. The van der Waals surface area contributed by atoms with E-state index in [9.17, 15) is 19.5 Å². The van der Waals surface area contributed by atoms with E-state index in [2.05, 4.69) is 10.1 Å². The topological polar surface area (TPSA) is 95.9 Å². The summed E-state index contributed by atoms with van der Waals surface area (Å²) in [6.07, 6.45) is 1.60. The molecule has 1 heterocycles. The van der Waals surface area contributed by atoms with E-state index in [0.717, 1.165) is 11.1 Å². The number of phenols is 1. The summed E-state index contributed by atoms with van der Waals surface area (Å²) in [5.74, 6) is 0.0226. The Morgan fingerprint density at radius 1 is 1.32 bits per heavy atom. The number of fused-ring (bicyclic) bond motifs is 1. The van der Waals surface area contributed by atoms with Crippen LogP contribution in [0.3, 0.4) is 0 Å². The van der Waals surface area contributed by atoms with Gasteiger partial charge in [-0.1, -0.05) is 19.9 Å². The molecular weight excluding hydrogens is 360 g/mol. The molecule has 0 spiro atoms. The Morgan fingerprint density at radius 2 is 1.93 bits per heavy atom. The standard InChI is InChI=1S/C13H17NO2.C6H11NO3.C2H6/c1-5-14-11-9(13(3,4)12(14)16)6-8(2)7-10(11)15;1-10-6(9)3-2-4-7-5-8;1-2/h6-7,15H,5H2,1-4H3;5H,2-4H2,1H3,(H,7,8);1-2H3. The minimum Gasteiger partial charge on any atom is -0.506 e. The molecule has 2 rings (SSSR count). The van der Waals surface area contributed by atoms with E-state index in [0.29, 0.717) is 38.0 Å². The van der Waals surface area contributed by atoms with Crippen molar-refractivity contribution in [3.63, 3.8) is 0 Å². The van der Waals surface area contributed by atoms with Gasteiger partial charge in [-0.15, -0.1) is 0 Å². The van der Waals surface area contributed by atoms with Gasteiger partial charge in [0.2, 0.25) is 12.3 Å². The molecule has 0 aromatic heterocycles. The van der Waals surface area contributed by atoms with E-state index >= 15 is 0 Å². The maximum atomic E-state index is 12.2. The maximum absolute atomic E-state index is 12.2. The third-order valence-corrected chi connectivity index (χ3v) is 4.29. The number of aryl methyl sites for hydroxylation is 1. The molecule has 0 saturated carbocycles. The molecule has 2 N–H and O–H groups in total. The van der Waals surface area contributed by atoms with Crippen LogP contribution in [0.25, 0.3) is 0 Å². The number of carbonyl (C=O) groups is 3. The molecule has 1 aromatic carbocycles. The summed E-state index contributed by atoms with van der Waals surface area (Å²) >= 11 is 0. The third kappa shape index (κ3) is 6.25. The summed E-state index contributed by atoms with van der Waals surface area (Å²) in [5, 5.41) is 12.4. The Bertz CT molecular complexity index is 671. The summed E-state index contributed by atoms with van der Waals surface area (Å²) in [6, 6.07) is 3.69. The highest BCUT2D eigenvalue weighted by Gasteiger charge is 2.44. The molecule has 1 aliphatic heterocycles. The molecule has 0 bridgehead atoms. The van der Waals surface area contributed by atoms with Crippen LogP contribution < -0.4 is 10.2 Å². The molecule has 158 valence electrons. The first kappa shape index (κ1) is 25.4. The number of carbonyl (C=O) groups excluding carboxylic acids is 3. The second kappa shape index (κ2) is 12.0. The molecule has 0 fully saturated rings. The lowest BCUT2D eigenvalue weighted by atomic mass is 9.85. The second-order valence-electron chi connectivity index (χ2n) is 6.61. The first-order valence-electron chi connectivity index (χ1n) is 9.60. The molecule has 28 heavy (non-hydrogen) atoms. The lowest BCUT2D eigenvalue weighted by Crippen LogP contribution is -2.35. The Morgan fingerprint density at radius 3 is 2.43 bits per heavy atom. The molecule has 7 heteroatoms. The molecule has 0 radical (unpaired) electrons. The van der Waals surface area contributed by atoms with Crippen molar-refractivity contribution in [1.29, 1.82) is 0 Å². The van der Waals surface area contributed by atoms with E-state index < -0.39 is 5.41 Å². The Kier molecular flexibility index (Phi) is 10.9. The fourth-order valence-corrected chi connectivity index (χ4v) is 2.87. The van der Waals surface area contributed by atoms with Gasteiger partial charge in [-0.25, -0.2) is 0 Å². The van der Waals surface area contributed by atoms with E-state index in [4.69, 9.17) is 0 Å². The van der Waals surface area contributed by atoms with Gasteiger partial charge in [0.15, 0.2) is 0 Å². The number of nitrogens with zero attached hydrogens (tertiary/aromatic N) is 1. The predicted octanol–water partition coefficient (Wildman–Crippen LogP) is 3.06. The van der Waals surface area contributed by atoms with Crippen LogP contribution in [0.15, 0.2) is 12.1 Å². The van der Waals surface area contributed by atoms with Crippen LogP contribution in [-0.2, 0) is 24.5 Å². The number of methoxy groups -OCH3 is 1. The Labute approximate surface area is 168 Å². The highest BCUT2D eigenvalue weighted by molar-refractivity contribution is 6.09. The van der Waals surface area contributed by atoms with Crippen LogP contribution in [0.5, 0.6) is 5.75 Å². The highest BCUT2D eigenvalue weighted by Crippen LogP contribution is 2.46. The quantitative estimate of drug-likeness (QED) is 0.439. The highest BCUT2D eigenvalue weighted by atomic mass is 16.5. The molecule has 0 atom stereocenters.